The van der Waals surface area contributed by atoms with Crippen LogP contribution in [0.3, 0.4) is 0 Å². The maximum Gasteiger partial charge on any atom is 0.258 e. The summed E-state index contributed by atoms with van der Waals surface area (Å²) in [5, 5.41) is 12.8. The van der Waals surface area contributed by atoms with Crippen LogP contribution in [0.25, 0.3) is 0 Å². The van der Waals surface area contributed by atoms with Gasteiger partial charge in [0.1, 0.15) is 5.75 Å². The number of carbonyl (C=O) groups excluding carboxylic acids is 1. The summed E-state index contributed by atoms with van der Waals surface area (Å²) in [6.07, 6.45) is 0. The number of carbonyl (C=O) groups is 1. The molecule has 0 saturated carbocycles. The largest absolute Gasteiger partial charge is 0.508 e. The molecule has 2 aromatic carbocycles. The van der Waals surface area contributed by atoms with Crippen molar-refractivity contribution in [2.24, 2.45) is 0 Å². The number of para-hydroxylation sites is 1. The predicted molar refractivity (Wildman–Crippen MR) is 82.7 cm³/mol. The van der Waals surface area contributed by atoms with Gasteiger partial charge in [-0.15, -0.1) is 0 Å². The molecule has 0 fully saturated rings. The summed E-state index contributed by atoms with van der Waals surface area (Å²) in [4.78, 5) is 14.7. The van der Waals surface area contributed by atoms with Crippen LogP contribution >= 0.6 is 0 Å². The van der Waals surface area contributed by atoms with E-state index in [0.29, 0.717) is 12.1 Å². The number of rotatable bonds is 1. The van der Waals surface area contributed by atoms with Gasteiger partial charge in [-0.3, -0.25) is 4.79 Å². The molecule has 2 aromatic rings. The Morgan fingerprint density at radius 1 is 1.24 bits per heavy atom. The van der Waals surface area contributed by atoms with Crippen molar-refractivity contribution in [3.63, 3.8) is 0 Å². The van der Waals surface area contributed by atoms with Crippen LogP contribution in [0, 0.1) is 6.92 Å². The molecule has 4 heteroatoms. The van der Waals surface area contributed by atoms with Crippen molar-refractivity contribution >= 4 is 11.6 Å². The monoisotopic (exact) mass is 282 g/mol. The molecular formula is C17H18N2O2. The topological polar surface area (TPSA) is 52.6 Å². The number of benzene rings is 2. The molecule has 0 spiro atoms. The number of phenolic OH excluding ortho intramolecular Hbond substituents is 1. The molecule has 0 radical (unpaired) electrons. The number of anilines is 1. The minimum atomic E-state index is -0.0244. The molecule has 0 bridgehead atoms. The lowest BCUT2D eigenvalue weighted by atomic mass is 10.1. The molecule has 4 nitrogen and oxygen atoms in total. The Morgan fingerprint density at radius 2 is 2.05 bits per heavy atom. The maximum absolute atomic E-state index is 12.9. The standard InChI is InChI=1S/C17H18N2O2/c1-12-10-14(20)6-7-15(12)17(21)19-9-8-18-11-13-4-2-3-5-16(13)19/h2-7,10,18,20H,8-9,11H2,1H3. The van der Waals surface area contributed by atoms with Crippen LogP contribution in [-0.4, -0.2) is 24.1 Å². The summed E-state index contributed by atoms with van der Waals surface area (Å²) in [6.45, 7) is 4.01. The number of hydrogen-bond acceptors (Lipinski definition) is 3. The average molecular weight is 282 g/mol. The van der Waals surface area contributed by atoms with Crippen LogP contribution in [0.15, 0.2) is 42.5 Å². The first-order valence-electron chi connectivity index (χ1n) is 7.07. The third-order valence-corrected chi connectivity index (χ3v) is 3.80. The number of nitrogens with one attached hydrogen (secondary N) is 1. The minimum Gasteiger partial charge on any atom is -0.508 e. The Morgan fingerprint density at radius 3 is 2.86 bits per heavy atom. The SMILES string of the molecule is Cc1cc(O)ccc1C(=O)N1CCNCc2ccccc21. The van der Waals surface area contributed by atoms with Crippen molar-refractivity contribution in [2.45, 2.75) is 13.5 Å². The summed E-state index contributed by atoms with van der Waals surface area (Å²) in [5.41, 5.74) is 3.50. The number of hydrogen-bond donors (Lipinski definition) is 2. The number of aryl methyl sites for hydroxylation is 1. The van der Waals surface area contributed by atoms with Crippen molar-refractivity contribution in [3.8, 4) is 5.75 Å². The van der Waals surface area contributed by atoms with Gasteiger partial charge in [-0.2, -0.15) is 0 Å². The van der Waals surface area contributed by atoms with Gasteiger partial charge < -0.3 is 15.3 Å². The lowest BCUT2D eigenvalue weighted by Crippen LogP contribution is -2.35. The summed E-state index contributed by atoms with van der Waals surface area (Å²) < 4.78 is 0. The molecule has 1 heterocycles. The molecular weight excluding hydrogens is 264 g/mol. The van der Waals surface area contributed by atoms with Crippen LogP contribution in [0.4, 0.5) is 5.69 Å². The zero-order valence-electron chi connectivity index (χ0n) is 12.0. The van der Waals surface area contributed by atoms with E-state index in [1.807, 2.05) is 36.1 Å². The Hall–Kier alpha value is -2.33. The highest BCUT2D eigenvalue weighted by Crippen LogP contribution is 2.25. The van der Waals surface area contributed by atoms with E-state index in [-0.39, 0.29) is 11.7 Å². The molecule has 1 aliphatic heterocycles. The zero-order valence-corrected chi connectivity index (χ0v) is 12.0. The van der Waals surface area contributed by atoms with Crippen molar-refractivity contribution in [2.75, 3.05) is 18.0 Å². The quantitative estimate of drug-likeness (QED) is 0.844. The van der Waals surface area contributed by atoms with E-state index in [2.05, 4.69) is 5.32 Å². The van der Waals surface area contributed by atoms with Crippen molar-refractivity contribution in [3.05, 3.63) is 59.2 Å². The summed E-state index contributed by atoms with van der Waals surface area (Å²) >= 11 is 0. The van der Waals surface area contributed by atoms with E-state index in [1.165, 1.54) is 0 Å². The molecule has 0 unspecified atom stereocenters. The first-order valence-corrected chi connectivity index (χ1v) is 7.07. The van der Waals surface area contributed by atoms with E-state index in [1.54, 1.807) is 18.2 Å². The molecule has 2 N–H and O–H groups in total. The van der Waals surface area contributed by atoms with Crippen LogP contribution in [-0.2, 0) is 6.54 Å². The minimum absolute atomic E-state index is 0.0244. The van der Waals surface area contributed by atoms with E-state index in [0.717, 1.165) is 29.9 Å². The van der Waals surface area contributed by atoms with Gasteiger partial charge in [-0.1, -0.05) is 18.2 Å². The van der Waals surface area contributed by atoms with E-state index >= 15 is 0 Å². The molecule has 1 amide bonds. The molecule has 21 heavy (non-hydrogen) atoms. The fraction of sp³-hybridized carbons (Fsp3) is 0.235. The zero-order chi connectivity index (χ0) is 14.8. The lowest BCUT2D eigenvalue weighted by Gasteiger charge is -2.23. The van der Waals surface area contributed by atoms with Crippen LogP contribution in [0.1, 0.15) is 21.5 Å². The van der Waals surface area contributed by atoms with Crippen molar-refractivity contribution in [1.29, 1.82) is 0 Å². The van der Waals surface area contributed by atoms with Crippen LogP contribution in [0.5, 0.6) is 5.75 Å². The fourth-order valence-corrected chi connectivity index (χ4v) is 2.70. The second kappa shape index (κ2) is 5.58. The first-order chi connectivity index (χ1) is 10.2. The smallest absolute Gasteiger partial charge is 0.258 e. The van der Waals surface area contributed by atoms with Gasteiger partial charge in [0.2, 0.25) is 0 Å². The highest BCUT2D eigenvalue weighted by atomic mass is 16.3. The van der Waals surface area contributed by atoms with Gasteiger partial charge in [0.05, 0.1) is 0 Å². The Balaban J connectivity index is 2.01. The number of nitrogens with zero attached hydrogens (tertiary/aromatic N) is 1. The van der Waals surface area contributed by atoms with Crippen molar-refractivity contribution in [1.82, 2.24) is 5.32 Å². The van der Waals surface area contributed by atoms with Gasteiger partial charge in [-0.25, -0.2) is 0 Å². The highest BCUT2D eigenvalue weighted by molar-refractivity contribution is 6.07. The molecule has 0 aromatic heterocycles. The number of fused-ring (bicyclic) bond motifs is 1. The van der Waals surface area contributed by atoms with Gasteiger partial charge in [-0.05, 0) is 42.3 Å². The third kappa shape index (κ3) is 2.62. The first kappa shape index (κ1) is 13.6. The van der Waals surface area contributed by atoms with Gasteiger partial charge in [0.25, 0.3) is 5.91 Å². The van der Waals surface area contributed by atoms with Gasteiger partial charge >= 0.3 is 0 Å². The Bertz CT molecular complexity index is 682. The van der Waals surface area contributed by atoms with Crippen molar-refractivity contribution < 1.29 is 9.90 Å². The van der Waals surface area contributed by atoms with E-state index in [9.17, 15) is 9.90 Å². The summed E-state index contributed by atoms with van der Waals surface area (Å²) in [5.74, 6) is 0.158. The van der Waals surface area contributed by atoms with Gasteiger partial charge in [0.15, 0.2) is 0 Å². The number of amides is 1. The van der Waals surface area contributed by atoms with E-state index in [4.69, 9.17) is 0 Å². The highest BCUT2D eigenvalue weighted by Gasteiger charge is 2.23. The lowest BCUT2D eigenvalue weighted by molar-refractivity contribution is 0.0987. The maximum atomic E-state index is 12.9. The third-order valence-electron chi connectivity index (χ3n) is 3.80. The molecule has 1 aliphatic rings. The fourth-order valence-electron chi connectivity index (χ4n) is 2.70. The number of aromatic hydroxyl groups is 1. The molecule has 0 saturated heterocycles. The second-order valence-electron chi connectivity index (χ2n) is 5.26. The normalized spacial score (nSPS) is 14.4. The molecule has 3 rings (SSSR count). The second-order valence-corrected chi connectivity index (χ2v) is 5.26. The average Bonchev–Trinajstić information content (AvgIpc) is 2.69. The number of phenols is 1. The Kier molecular flexibility index (Phi) is 3.62. The van der Waals surface area contributed by atoms with Crippen LogP contribution < -0.4 is 10.2 Å². The Labute approximate surface area is 124 Å². The molecule has 0 aliphatic carbocycles. The van der Waals surface area contributed by atoms with Gasteiger partial charge in [0, 0.05) is 30.9 Å². The molecule has 108 valence electrons. The summed E-state index contributed by atoms with van der Waals surface area (Å²) in [6, 6.07) is 12.8. The van der Waals surface area contributed by atoms with E-state index < -0.39 is 0 Å². The molecule has 0 atom stereocenters. The van der Waals surface area contributed by atoms with Crippen LogP contribution in [0.2, 0.25) is 0 Å². The predicted octanol–water partition coefficient (Wildman–Crippen LogP) is 2.45. The summed E-state index contributed by atoms with van der Waals surface area (Å²) in [7, 11) is 0.